The van der Waals surface area contributed by atoms with Crippen molar-refractivity contribution in [3.63, 3.8) is 0 Å². The van der Waals surface area contributed by atoms with Crippen LogP contribution in [0.1, 0.15) is 19.8 Å². The molecule has 1 aromatic carbocycles. The summed E-state index contributed by atoms with van der Waals surface area (Å²) in [5, 5.41) is 3.70. The molecule has 1 N–H and O–H groups in total. The molecule has 0 aromatic heterocycles. The quantitative estimate of drug-likeness (QED) is 0.876. The summed E-state index contributed by atoms with van der Waals surface area (Å²) in [5.41, 5.74) is 1.18. The molecule has 1 aromatic rings. The minimum atomic E-state index is 0.161. The van der Waals surface area contributed by atoms with E-state index in [1.807, 2.05) is 18.2 Å². The zero-order valence-corrected chi connectivity index (χ0v) is 13.4. The van der Waals surface area contributed by atoms with E-state index in [9.17, 15) is 4.79 Å². The molecule has 1 saturated heterocycles. The molecule has 0 saturated carbocycles. The van der Waals surface area contributed by atoms with Crippen LogP contribution in [0.15, 0.2) is 24.3 Å². The van der Waals surface area contributed by atoms with Crippen LogP contribution in [0, 0.1) is 0 Å². The molecule has 0 radical (unpaired) electrons. The number of carbonyl (C=O) groups excluding carboxylic acids is 1. The number of amides is 1. The van der Waals surface area contributed by atoms with Gasteiger partial charge >= 0.3 is 0 Å². The molecule has 2 rings (SSSR count). The Morgan fingerprint density at radius 2 is 2.05 bits per heavy atom. The number of nitrogens with zero attached hydrogens (tertiary/aromatic N) is 2. The van der Waals surface area contributed by atoms with Gasteiger partial charge in [-0.05, 0) is 24.6 Å². The fraction of sp³-hybridized carbons (Fsp3) is 0.562. The Kier molecular flexibility index (Phi) is 6.33. The summed E-state index contributed by atoms with van der Waals surface area (Å²) in [7, 11) is 0. The van der Waals surface area contributed by atoms with Gasteiger partial charge in [-0.2, -0.15) is 0 Å². The van der Waals surface area contributed by atoms with Crippen LogP contribution in [0.25, 0.3) is 0 Å². The molecule has 1 amide bonds. The highest BCUT2D eigenvalue weighted by molar-refractivity contribution is 6.30. The lowest BCUT2D eigenvalue weighted by molar-refractivity contribution is -0.121. The summed E-state index contributed by atoms with van der Waals surface area (Å²) in [6.45, 7) is 7.64. The minimum Gasteiger partial charge on any atom is -0.369 e. The molecule has 116 valence electrons. The average Bonchev–Trinajstić information content (AvgIpc) is 2.51. The van der Waals surface area contributed by atoms with E-state index in [4.69, 9.17) is 11.6 Å². The minimum absolute atomic E-state index is 0.161. The second-order valence-electron chi connectivity index (χ2n) is 5.41. The number of piperazine rings is 1. The number of halogens is 1. The van der Waals surface area contributed by atoms with E-state index in [2.05, 4.69) is 28.1 Å². The summed E-state index contributed by atoms with van der Waals surface area (Å²) in [4.78, 5) is 16.3. The van der Waals surface area contributed by atoms with Crippen LogP contribution in [0.3, 0.4) is 0 Å². The van der Waals surface area contributed by atoms with E-state index in [0.717, 1.165) is 50.7 Å². The molecule has 5 heteroatoms. The standard InChI is InChI=1S/C16H24ClN3O/c1-2-7-18-16(21)6-8-19-9-11-20(12-10-19)15-5-3-4-14(17)13-15/h3-5,13H,2,6-12H2,1H3,(H,18,21). The SMILES string of the molecule is CCCNC(=O)CCN1CCN(c2cccc(Cl)c2)CC1. The largest absolute Gasteiger partial charge is 0.369 e. The van der Waals surface area contributed by atoms with Crippen LogP contribution in [0.2, 0.25) is 5.02 Å². The first-order chi connectivity index (χ1) is 10.2. The Balaban J connectivity index is 1.72. The topological polar surface area (TPSA) is 35.6 Å². The van der Waals surface area contributed by atoms with Crippen molar-refractivity contribution in [2.45, 2.75) is 19.8 Å². The number of nitrogens with one attached hydrogen (secondary N) is 1. The predicted octanol–water partition coefficient (Wildman–Crippen LogP) is 2.38. The fourth-order valence-electron chi connectivity index (χ4n) is 2.51. The molecular formula is C16H24ClN3O. The zero-order valence-electron chi connectivity index (χ0n) is 12.6. The van der Waals surface area contributed by atoms with Crippen molar-refractivity contribution in [2.24, 2.45) is 0 Å². The summed E-state index contributed by atoms with van der Waals surface area (Å²) in [6.07, 6.45) is 1.58. The van der Waals surface area contributed by atoms with Crippen LogP contribution >= 0.6 is 11.6 Å². The van der Waals surface area contributed by atoms with Crippen LogP contribution < -0.4 is 10.2 Å². The first-order valence-electron chi connectivity index (χ1n) is 7.68. The van der Waals surface area contributed by atoms with Crippen molar-refractivity contribution < 1.29 is 4.79 Å². The smallest absolute Gasteiger partial charge is 0.221 e. The van der Waals surface area contributed by atoms with Crippen LogP contribution in [0.4, 0.5) is 5.69 Å². The van der Waals surface area contributed by atoms with Gasteiger partial charge in [0.2, 0.25) is 5.91 Å². The third kappa shape index (κ3) is 5.21. The van der Waals surface area contributed by atoms with Gasteiger partial charge in [-0.25, -0.2) is 0 Å². The van der Waals surface area contributed by atoms with E-state index in [1.54, 1.807) is 0 Å². The van der Waals surface area contributed by atoms with Gasteiger partial charge in [-0.15, -0.1) is 0 Å². The van der Waals surface area contributed by atoms with E-state index in [0.29, 0.717) is 6.42 Å². The maximum atomic E-state index is 11.6. The van der Waals surface area contributed by atoms with Gasteiger partial charge in [0.05, 0.1) is 0 Å². The molecule has 1 heterocycles. The fourth-order valence-corrected chi connectivity index (χ4v) is 2.70. The van der Waals surface area contributed by atoms with Gasteiger partial charge < -0.3 is 10.2 Å². The molecular weight excluding hydrogens is 286 g/mol. The van der Waals surface area contributed by atoms with E-state index in [1.165, 1.54) is 5.69 Å². The average molecular weight is 310 g/mol. The summed E-state index contributed by atoms with van der Waals surface area (Å²) >= 11 is 6.04. The molecule has 1 aliphatic rings. The lowest BCUT2D eigenvalue weighted by Gasteiger charge is -2.36. The van der Waals surface area contributed by atoms with Crippen molar-refractivity contribution in [3.8, 4) is 0 Å². The maximum Gasteiger partial charge on any atom is 0.221 e. The second kappa shape index (κ2) is 8.25. The van der Waals surface area contributed by atoms with Gasteiger partial charge in [0.25, 0.3) is 0 Å². The van der Waals surface area contributed by atoms with Crippen molar-refractivity contribution in [2.75, 3.05) is 44.2 Å². The molecule has 1 fully saturated rings. The van der Waals surface area contributed by atoms with Gasteiger partial charge in [0, 0.05) is 56.4 Å². The molecule has 0 atom stereocenters. The van der Waals surface area contributed by atoms with Crippen molar-refractivity contribution in [1.82, 2.24) is 10.2 Å². The Labute approximate surface area is 132 Å². The third-order valence-electron chi connectivity index (χ3n) is 3.77. The van der Waals surface area contributed by atoms with E-state index in [-0.39, 0.29) is 5.91 Å². The highest BCUT2D eigenvalue weighted by Crippen LogP contribution is 2.20. The summed E-state index contributed by atoms with van der Waals surface area (Å²) in [6, 6.07) is 7.99. The molecule has 1 aliphatic heterocycles. The Morgan fingerprint density at radius 3 is 2.71 bits per heavy atom. The number of hydrogen-bond acceptors (Lipinski definition) is 3. The Hall–Kier alpha value is -1.26. The van der Waals surface area contributed by atoms with Gasteiger partial charge in [-0.3, -0.25) is 9.69 Å². The maximum absolute atomic E-state index is 11.6. The lowest BCUT2D eigenvalue weighted by Crippen LogP contribution is -2.47. The molecule has 0 aliphatic carbocycles. The number of hydrogen-bond donors (Lipinski definition) is 1. The lowest BCUT2D eigenvalue weighted by atomic mass is 10.2. The molecule has 0 unspecified atom stereocenters. The molecule has 21 heavy (non-hydrogen) atoms. The Bertz CT molecular complexity index is 459. The molecule has 0 spiro atoms. The number of benzene rings is 1. The number of anilines is 1. The number of rotatable bonds is 6. The number of carbonyl (C=O) groups is 1. The van der Waals surface area contributed by atoms with Crippen molar-refractivity contribution in [3.05, 3.63) is 29.3 Å². The highest BCUT2D eigenvalue weighted by Gasteiger charge is 2.17. The predicted molar refractivity (Wildman–Crippen MR) is 88.0 cm³/mol. The first-order valence-corrected chi connectivity index (χ1v) is 8.06. The normalized spacial score (nSPS) is 16.0. The van der Waals surface area contributed by atoms with Crippen LogP contribution in [-0.2, 0) is 4.79 Å². The van der Waals surface area contributed by atoms with E-state index >= 15 is 0 Å². The van der Waals surface area contributed by atoms with Crippen molar-refractivity contribution >= 4 is 23.2 Å². The first kappa shape index (κ1) is 16.1. The van der Waals surface area contributed by atoms with Gasteiger partial charge in [-0.1, -0.05) is 24.6 Å². The van der Waals surface area contributed by atoms with Gasteiger partial charge in [0.1, 0.15) is 0 Å². The second-order valence-corrected chi connectivity index (χ2v) is 5.84. The van der Waals surface area contributed by atoms with Gasteiger partial charge in [0.15, 0.2) is 0 Å². The third-order valence-corrected chi connectivity index (χ3v) is 4.01. The van der Waals surface area contributed by atoms with E-state index < -0.39 is 0 Å². The molecule has 0 bridgehead atoms. The zero-order chi connectivity index (χ0) is 15.1. The van der Waals surface area contributed by atoms with Crippen LogP contribution in [-0.4, -0.2) is 50.1 Å². The summed E-state index contributed by atoms with van der Waals surface area (Å²) < 4.78 is 0. The monoisotopic (exact) mass is 309 g/mol. The van der Waals surface area contributed by atoms with Crippen LogP contribution in [0.5, 0.6) is 0 Å². The van der Waals surface area contributed by atoms with Crippen molar-refractivity contribution in [1.29, 1.82) is 0 Å². The highest BCUT2D eigenvalue weighted by atomic mass is 35.5. The summed E-state index contributed by atoms with van der Waals surface area (Å²) in [5.74, 6) is 0.161. The molecule has 4 nitrogen and oxygen atoms in total. The Morgan fingerprint density at radius 1 is 1.29 bits per heavy atom.